The molecule has 2 heteroatoms. The number of hydrogen-bond acceptors (Lipinski definition) is 1. The average Bonchev–Trinajstić information content (AvgIpc) is 2.78. The fraction of sp³-hybridized carbons (Fsp3) is 0.222. The third-order valence-electron chi connectivity index (χ3n) is 1.55. The lowest BCUT2D eigenvalue weighted by molar-refractivity contribution is 0.393. The van der Waals surface area contributed by atoms with Gasteiger partial charge < -0.3 is 4.74 Å². The molecule has 1 fully saturated rings. The molecule has 0 spiro atoms. The predicted molar refractivity (Wildman–Crippen MR) is 44.6 cm³/mol. The quantitative estimate of drug-likeness (QED) is 0.658. The summed E-state index contributed by atoms with van der Waals surface area (Å²) in [5.41, 5.74) is 0. The summed E-state index contributed by atoms with van der Waals surface area (Å²) in [5.74, 6) is 0.779. The second kappa shape index (κ2) is 2.74. The Morgan fingerprint density at radius 1 is 1.18 bits per heavy atom. The topological polar surface area (TPSA) is 9.23 Å². The summed E-state index contributed by atoms with van der Waals surface area (Å²) in [7, 11) is 0. The molecule has 0 aliphatic heterocycles. The minimum absolute atomic E-state index is 0.687. The molecule has 0 N–H and O–H groups in total. The van der Waals surface area contributed by atoms with E-state index in [9.17, 15) is 0 Å². The molecule has 1 nitrogen and oxygen atoms in total. The average molecular weight is 168 g/mol. The number of para-hydroxylation sites is 1. The number of rotatable bonds is 2. The molecular weight excluding hydrogens is 160 g/mol. The van der Waals surface area contributed by atoms with Crippen LogP contribution in [-0.4, -0.2) is 0 Å². The highest BCUT2D eigenvalue weighted by Crippen LogP contribution is 2.36. The highest BCUT2D eigenvalue weighted by Gasteiger charge is 2.26. The van der Waals surface area contributed by atoms with Gasteiger partial charge in [0.15, 0.2) is 0 Å². The third kappa shape index (κ3) is 1.66. The lowest BCUT2D eigenvalue weighted by atomic mass is 10.3. The Morgan fingerprint density at radius 3 is 2.55 bits per heavy atom. The number of benzene rings is 1. The fourth-order valence-corrected chi connectivity index (χ4v) is 1.01. The maximum absolute atomic E-state index is 5.86. The Labute approximate surface area is 70.9 Å². The van der Waals surface area contributed by atoms with Crippen LogP contribution in [0.2, 0.25) is 5.02 Å². The van der Waals surface area contributed by atoms with Gasteiger partial charge in [-0.3, -0.25) is 0 Å². The molecule has 0 atom stereocenters. The summed E-state index contributed by atoms with van der Waals surface area (Å²) in [6.45, 7) is 0. The van der Waals surface area contributed by atoms with Crippen LogP contribution >= 0.6 is 11.6 Å². The zero-order valence-electron chi connectivity index (χ0n) is 6.01. The molecule has 0 aromatic heterocycles. The van der Waals surface area contributed by atoms with E-state index in [4.69, 9.17) is 16.3 Å². The lowest BCUT2D eigenvalue weighted by Gasteiger charge is -2.03. The van der Waals surface area contributed by atoms with Crippen molar-refractivity contribution in [3.05, 3.63) is 35.4 Å². The Bertz CT molecular complexity index is 255. The number of hydrogen-bond donors (Lipinski definition) is 0. The van der Waals surface area contributed by atoms with Crippen LogP contribution in [0.4, 0.5) is 0 Å². The van der Waals surface area contributed by atoms with E-state index in [1.54, 1.807) is 0 Å². The van der Waals surface area contributed by atoms with E-state index < -0.39 is 0 Å². The van der Waals surface area contributed by atoms with Gasteiger partial charge in [0, 0.05) is 0 Å². The first-order chi connectivity index (χ1) is 5.36. The van der Waals surface area contributed by atoms with Crippen LogP contribution in [-0.2, 0) is 0 Å². The highest BCUT2D eigenvalue weighted by molar-refractivity contribution is 6.32. The smallest absolute Gasteiger partial charge is 0.149 e. The Hall–Kier alpha value is -0.690. The zero-order valence-corrected chi connectivity index (χ0v) is 6.77. The molecule has 0 heterocycles. The molecule has 0 unspecified atom stereocenters. The first-order valence-electron chi connectivity index (χ1n) is 3.63. The van der Waals surface area contributed by atoms with Crippen molar-refractivity contribution in [1.82, 2.24) is 0 Å². The van der Waals surface area contributed by atoms with Gasteiger partial charge in [0.1, 0.15) is 11.9 Å². The Kier molecular flexibility index (Phi) is 1.74. The molecule has 57 valence electrons. The van der Waals surface area contributed by atoms with Crippen LogP contribution < -0.4 is 4.74 Å². The van der Waals surface area contributed by atoms with Gasteiger partial charge >= 0.3 is 0 Å². The second-order valence-corrected chi connectivity index (χ2v) is 2.98. The normalized spacial score (nSPS) is 16.5. The first kappa shape index (κ1) is 6.99. The van der Waals surface area contributed by atoms with Crippen molar-refractivity contribution in [1.29, 1.82) is 0 Å². The van der Waals surface area contributed by atoms with E-state index in [1.807, 2.05) is 24.3 Å². The van der Waals surface area contributed by atoms with Crippen LogP contribution in [0.1, 0.15) is 12.8 Å². The van der Waals surface area contributed by atoms with Gasteiger partial charge in [-0.2, -0.15) is 0 Å². The predicted octanol–water partition coefficient (Wildman–Crippen LogP) is 3.04. The molecule has 1 aliphatic rings. The van der Waals surface area contributed by atoms with E-state index in [0.29, 0.717) is 5.02 Å². The van der Waals surface area contributed by atoms with E-state index in [1.165, 1.54) is 0 Å². The van der Waals surface area contributed by atoms with Crippen LogP contribution in [0.15, 0.2) is 24.3 Å². The molecule has 0 bridgehead atoms. The van der Waals surface area contributed by atoms with Crippen molar-refractivity contribution in [2.45, 2.75) is 12.8 Å². The zero-order chi connectivity index (χ0) is 7.68. The second-order valence-electron chi connectivity index (χ2n) is 2.57. The molecule has 1 saturated carbocycles. The van der Waals surface area contributed by atoms with E-state index >= 15 is 0 Å². The van der Waals surface area contributed by atoms with Crippen LogP contribution in [0.3, 0.4) is 0 Å². The minimum Gasteiger partial charge on any atom is -0.482 e. The van der Waals surface area contributed by atoms with Gasteiger partial charge in [-0.25, -0.2) is 0 Å². The largest absolute Gasteiger partial charge is 0.482 e. The molecule has 11 heavy (non-hydrogen) atoms. The maximum atomic E-state index is 5.86. The molecule has 1 aromatic rings. The third-order valence-corrected chi connectivity index (χ3v) is 1.86. The highest BCUT2D eigenvalue weighted by atomic mass is 35.5. The van der Waals surface area contributed by atoms with E-state index in [0.717, 1.165) is 24.7 Å². The van der Waals surface area contributed by atoms with Gasteiger partial charge in [-0.05, 0) is 25.0 Å². The molecule has 0 saturated heterocycles. The molecule has 1 aromatic carbocycles. The van der Waals surface area contributed by atoms with Crippen LogP contribution in [0, 0.1) is 6.10 Å². The summed E-state index contributed by atoms with van der Waals surface area (Å²) in [5, 5.41) is 0.687. The Morgan fingerprint density at radius 2 is 1.91 bits per heavy atom. The van der Waals surface area contributed by atoms with Crippen molar-refractivity contribution in [3.63, 3.8) is 0 Å². The van der Waals surface area contributed by atoms with Crippen molar-refractivity contribution in [2.75, 3.05) is 0 Å². The number of halogens is 1. The maximum Gasteiger partial charge on any atom is 0.149 e. The van der Waals surface area contributed by atoms with Gasteiger partial charge in [0.05, 0.1) is 5.02 Å². The monoisotopic (exact) mass is 167 g/mol. The minimum atomic E-state index is 0.687. The standard InChI is InChI=1S/C9H8ClO/c10-8-3-1-2-4-9(8)11-7-5-6-7/h1-4H,5-6H2. The van der Waals surface area contributed by atoms with Gasteiger partial charge in [-0.1, -0.05) is 23.7 Å². The molecule has 0 amide bonds. The van der Waals surface area contributed by atoms with Crippen molar-refractivity contribution < 1.29 is 4.74 Å². The summed E-state index contributed by atoms with van der Waals surface area (Å²) < 4.78 is 5.44. The molecule has 2 rings (SSSR count). The fourth-order valence-electron chi connectivity index (χ4n) is 0.836. The summed E-state index contributed by atoms with van der Waals surface area (Å²) in [6.07, 6.45) is 3.31. The van der Waals surface area contributed by atoms with Crippen molar-refractivity contribution >= 4 is 11.6 Å². The van der Waals surface area contributed by atoms with Gasteiger partial charge in [-0.15, -0.1) is 0 Å². The van der Waals surface area contributed by atoms with E-state index in [2.05, 4.69) is 0 Å². The molecule has 1 radical (unpaired) electrons. The van der Waals surface area contributed by atoms with Crippen molar-refractivity contribution in [3.8, 4) is 5.75 Å². The van der Waals surface area contributed by atoms with Crippen LogP contribution in [0.5, 0.6) is 5.75 Å². The summed E-state index contributed by atoms with van der Waals surface area (Å²) in [4.78, 5) is 0. The molecule has 1 aliphatic carbocycles. The number of ether oxygens (including phenoxy) is 1. The van der Waals surface area contributed by atoms with Crippen molar-refractivity contribution in [2.24, 2.45) is 0 Å². The van der Waals surface area contributed by atoms with Gasteiger partial charge in [0.25, 0.3) is 0 Å². The van der Waals surface area contributed by atoms with Crippen LogP contribution in [0.25, 0.3) is 0 Å². The van der Waals surface area contributed by atoms with Gasteiger partial charge in [0.2, 0.25) is 0 Å². The first-order valence-corrected chi connectivity index (χ1v) is 4.01. The SMILES string of the molecule is Clc1ccccc1O[C]1CC1. The lowest BCUT2D eigenvalue weighted by Crippen LogP contribution is -1.88. The summed E-state index contributed by atoms with van der Waals surface area (Å²) in [6, 6.07) is 7.53. The molecular formula is C9H8ClO. The van der Waals surface area contributed by atoms with E-state index in [-0.39, 0.29) is 0 Å². The summed E-state index contributed by atoms with van der Waals surface area (Å²) >= 11 is 5.86. The Balaban J connectivity index is 2.15.